The van der Waals surface area contributed by atoms with Gasteiger partial charge in [-0.3, -0.25) is 9.69 Å². The summed E-state index contributed by atoms with van der Waals surface area (Å²) in [4.78, 5) is 22.6. The van der Waals surface area contributed by atoms with Crippen LogP contribution in [0, 0.1) is 0 Å². The number of alkyl halides is 1. The first-order valence-electron chi connectivity index (χ1n) is 6.92. The number of rotatable bonds is 5. The Kier molecular flexibility index (Phi) is 4.64. The van der Waals surface area contributed by atoms with E-state index in [0.717, 1.165) is 11.5 Å². The zero-order chi connectivity index (χ0) is 15.4. The number of carbonyl (C=O) groups is 1. The first kappa shape index (κ1) is 14.9. The lowest BCUT2D eigenvalue weighted by Gasteiger charge is -2.23. The van der Waals surface area contributed by atoms with Crippen LogP contribution >= 0.6 is 11.5 Å². The van der Waals surface area contributed by atoms with Gasteiger partial charge in [0.1, 0.15) is 16.9 Å². The maximum absolute atomic E-state index is 13.7. The minimum absolute atomic E-state index is 0.0661. The normalized spacial score (nSPS) is 21.9. The van der Waals surface area contributed by atoms with Gasteiger partial charge in [-0.2, -0.15) is 0 Å². The Morgan fingerprint density at radius 1 is 1.45 bits per heavy atom. The summed E-state index contributed by atoms with van der Waals surface area (Å²) in [5, 5.41) is 6.43. The van der Waals surface area contributed by atoms with Crippen LogP contribution in [-0.4, -0.2) is 55.7 Å². The molecule has 7 nitrogen and oxygen atoms in total. The lowest BCUT2D eigenvalue weighted by atomic mass is 10.2. The number of amides is 1. The van der Waals surface area contributed by atoms with Crippen molar-refractivity contribution in [3.63, 3.8) is 0 Å². The lowest BCUT2D eigenvalue weighted by Crippen LogP contribution is -2.39. The van der Waals surface area contributed by atoms with Crippen LogP contribution in [0.5, 0.6) is 0 Å². The molecule has 1 aliphatic heterocycles. The van der Waals surface area contributed by atoms with Gasteiger partial charge in [-0.15, -0.1) is 5.10 Å². The van der Waals surface area contributed by atoms with E-state index in [0.29, 0.717) is 36.8 Å². The molecule has 1 fully saturated rings. The minimum Gasteiger partial charge on any atom is -0.350 e. The molecule has 0 aromatic carbocycles. The number of likely N-dealkylation sites (tertiary alicyclic amines) is 1. The van der Waals surface area contributed by atoms with Crippen molar-refractivity contribution in [2.24, 2.45) is 0 Å². The summed E-state index contributed by atoms with van der Waals surface area (Å²) in [7, 11) is 0. The molecule has 1 saturated heterocycles. The summed E-state index contributed by atoms with van der Waals surface area (Å²) in [6, 6.07) is 1.68. The Hall–Kier alpha value is -2.00. The van der Waals surface area contributed by atoms with E-state index in [9.17, 15) is 9.18 Å². The van der Waals surface area contributed by atoms with Gasteiger partial charge in [0.15, 0.2) is 0 Å². The van der Waals surface area contributed by atoms with E-state index in [2.05, 4.69) is 24.9 Å². The van der Waals surface area contributed by atoms with Crippen molar-refractivity contribution in [1.29, 1.82) is 0 Å². The van der Waals surface area contributed by atoms with Crippen molar-refractivity contribution in [2.75, 3.05) is 13.1 Å². The van der Waals surface area contributed by atoms with E-state index in [-0.39, 0.29) is 11.9 Å². The molecule has 0 radical (unpaired) electrons. The van der Waals surface area contributed by atoms with Gasteiger partial charge < -0.3 is 5.32 Å². The molecular formula is C13H15FN6OS. The van der Waals surface area contributed by atoms with Gasteiger partial charge in [-0.25, -0.2) is 14.4 Å². The Bertz CT molecular complexity index is 610. The maximum Gasteiger partial charge on any atom is 0.264 e. The summed E-state index contributed by atoms with van der Waals surface area (Å²) < 4.78 is 17.4. The molecular weight excluding hydrogens is 307 g/mol. The number of halogens is 1. The number of nitrogens with one attached hydrogen (secondary N) is 1. The Morgan fingerprint density at radius 3 is 3.00 bits per heavy atom. The van der Waals surface area contributed by atoms with Crippen LogP contribution in [0.15, 0.2) is 24.7 Å². The van der Waals surface area contributed by atoms with Crippen molar-refractivity contribution in [1.82, 2.24) is 29.8 Å². The topological polar surface area (TPSA) is 83.9 Å². The van der Waals surface area contributed by atoms with Crippen LogP contribution in [-0.2, 0) is 6.54 Å². The van der Waals surface area contributed by atoms with Crippen LogP contribution in [0.1, 0.15) is 21.9 Å². The van der Waals surface area contributed by atoms with E-state index in [1.54, 1.807) is 18.5 Å². The smallest absolute Gasteiger partial charge is 0.264 e. The third-order valence-corrected chi connectivity index (χ3v) is 4.19. The SMILES string of the molecule is O=C(NC[C@@H]1C[C@H](F)CN1Cc1ncccn1)c1cnns1. The fourth-order valence-corrected chi connectivity index (χ4v) is 2.92. The third kappa shape index (κ3) is 3.60. The van der Waals surface area contributed by atoms with Crippen molar-refractivity contribution in [3.05, 3.63) is 35.4 Å². The standard InChI is InChI=1S/C13H15FN6OS/c14-9-4-10(5-17-13(21)11-6-18-19-22-11)20(7-9)8-12-15-2-1-3-16-12/h1-3,6,9-10H,4-5,7-8H2,(H,17,21)/t9-,10-/m0/s1. The predicted molar refractivity (Wildman–Crippen MR) is 78.0 cm³/mol. The molecule has 1 aliphatic rings. The molecule has 3 heterocycles. The van der Waals surface area contributed by atoms with Crippen LogP contribution < -0.4 is 5.32 Å². The maximum atomic E-state index is 13.7. The van der Waals surface area contributed by atoms with Gasteiger partial charge in [0.2, 0.25) is 0 Å². The zero-order valence-electron chi connectivity index (χ0n) is 11.7. The van der Waals surface area contributed by atoms with E-state index >= 15 is 0 Å². The second-order valence-corrected chi connectivity index (χ2v) is 5.86. The molecule has 22 heavy (non-hydrogen) atoms. The molecule has 0 bridgehead atoms. The van der Waals surface area contributed by atoms with E-state index in [1.807, 2.05) is 4.90 Å². The Labute approximate surface area is 130 Å². The molecule has 0 spiro atoms. The molecule has 0 saturated carbocycles. The molecule has 1 N–H and O–H groups in total. The quantitative estimate of drug-likeness (QED) is 0.871. The van der Waals surface area contributed by atoms with Crippen molar-refractivity contribution in [3.8, 4) is 0 Å². The van der Waals surface area contributed by atoms with Crippen LogP contribution in [0.4, 0.5) is 4.39 Å². The molecule has 3 rings (SSSR count). The minimum atomic E-state index is -0.893. The van der Waals surface area contributed by atoms with Crippen LogP contribution in [0.2, 0.25) is 0 Å². The Morgan fingerprint density at radius 2 is 2.27 bits per heavy atom. The number of aromatic nitrogens is 4. The summed E-state index contributed by atoms with van der Waals surface area (Å²) in [6.45, 7) is 1.19. The summed E-state index contributed by atoms with van der Waals surface area (Å²) >= 11 is 1.04. The van der Waals surface area contributed by atoms with Gasteiger partial charge in [-0.05, 0) is 24.0 Å². The monoisotopic (exact) mass is 322 g/mol. The fraction of sp³-hybridized carbons (Fsp3) is 0.462. The van der Waals surface area contributed by atoms with E-state index in [1.165, 1.54) is 6.20 Å². The highest BCUT2D eigenvalue weighted by atomic mass is 32.1. The van der Waals surface area contributed by atoms with Crippen molar-refractivity contribution >= 4 is 17.4 Å². The second kappa shape index (κ2) is 6.84. The molecule has 2 aromatic heterocycles. The highest BCUT2D eigenvalue weighted by Gasteiger charge is 2.32. The third-order valence-electron chi connectivity index (χ3n) is 3.52. The molecule has 2 aromatic rings. The zero-order valence-corrected chi connectivity index (χ0v) is 12.5. The highest BCUT2D eigenvalue weighted by Crippen LogP contribution is 2.21. The average molecular weight is 322 g/mol. The van der Waals surface area contributed by atoms with Crippen LogP contribution in [0.25, 0.3) is 0 Å². The first-order chi connectivity index (χ1) is 10.7. The summed E-state index contributed by atoms with van der Waals surface area (Å²) in [5.74, 6) is 0.424. The Balaban J connectivity index is 1.58. The van der Waals surface area contributed by atoms with Crippen molar-refractivity contribution in [2.45, 2.75) is 25.2 Å². The fourth-order valence-electron chi connectivity index (χ4n) is 2.49. The summed E-state index contributed by atoms with van der Waals surface area (Å²) in [5.41, 5.74) is 0. The van der Waals surface area contributed by atoms with E-state index < -0.39 is 6.17 Å². The van der Waals surface area contributed by atoms with Gasteiger partial charge in [-0.1, -0.05) is 4.49 Å². The largest absolute Gasteiger partial charge is 0.350 e. The second-order valence-electron chi connectivity index (χ2n) is 5.07. The summed E-state index contributed by atoms with van der Waals surface area (Å²) in [6.07, 6.45) is 4.25. The van der Waals surface area contributed by atoms with Gasteiger partial charge in [0.25, 0.3) is 5.91 Å². The molecule has 1 amide bonds. The van der Waals surface area contributed by atoms with Crippen LogP contribution in [0.3, 0.4) is 0 Å². The molecule has 2 atom stereocenters. The molecule has 116 valence electrons. The van der Waals surface area contributed by atoms with E-state index in [4.69, 9.17) is 0 Å². The molecule has 0 aliphatic carbocycles. The number of nitrogens with zero attached hydrogens (tertiary/aromatic N) is 5. The predicted octanol–water partition coefficient (Wildman–Crippen LogP) is 0.670. The highest BCUT2D eigenvalue weighted by molar-refractivity contribution is 7.07. The van der Waals surface area contributed by atoms with Gasteiger partial charge in [0, 0.05) is 31.5 Å². The van der Waals surface area contributed by atoms with Crippen molar-refractivity contribution < 1.29 is 9.18 Å². The molecule has 9 heteroatoms. The number of hydrogen-bond acceptors (Lipinski definition) is 7. The van der Waals surface area contributed by atoms with Gasteiger partial charge >= 0.3 is 0 Å². The first-order valence-corrected chi connectivity index (χ1v) is 7.69. The lowest BCUT2D eigenvalue weighted by molar-refractivity contribution is 0.0943. The number of hydrogen-bond donors (Lipinski definition) is 1. The average Bonchev–Trinajstić information content (AvgIpc) is 3.16. The number of carbonyl (C=O) groups excluding carboxylic acids is 1. The van der Waals surface area contributed by atoms with Gasteiger partial charge in [0.05, 0.1) is 12.7 Å². The molecule has 0 unspecified atom stereocenters.